The predicted molar refractivity (Wildman–Crippen MR) is 77.5 cm³/mol. The normalized spacial score (nSPS) is 11.5. The number of hydrogen-bond acceptors (Lipinski definition) is 3. The van der Waals surface area contributed by atoms with Crippen molar-refractivity contribution < 1.29 is 13.9 Å². The smallest absolute Gasteiger partial charge is 0.178 e. The molecule has 5 heteroatoms. The van der Waals surface area contributed by atoms with Gasteiger partial charge in [-0.25, -0.2) is 0 Å². The van der Waals surface area contributed by atoms with E-state index in [-0.39, 0.29) is 13.2 Å². The van der Waals surface area contributed by atoms with Crippen LogP contribution in [0, 0.1) is 0 Å². The second kappa shape index (κ2) is 6.99. The Labute approximate surface area is 118 Å². The van der Waals surface area contributed by atoms with Gasteiger partial charge in [-0.05, 0) is 11.1 Å². The lowest BCUT2D eigenvalue weighted by Crippen LogP contribution is -1.98. The van der Waals surface area contributed by atoms with Gasteiger partial charge in [0.2, 0.25) is 0 Å². The van der Waals surface area contributed by atoms with Gasteiger partial charge >= 0.3 is 7.30 Å². The minimum Gasteiger partial charge on any atom is -0.178 e. The second-order valence-corrected chi connectivity index (χ2v) is 6.67. The molecule has 0 fully saturated rings. The summed E-state index contributed by atoms with van der Waals surface area (Å²) in [5.41, 5.74) is 1.87. The van der Waals surface area contributed by atoms with Crippen LogP contribution in [0.15, 0.2) is 60.7 Å². The van der Waals surface area contributed by atoms with E-state index < -0.39 is 7.30 Å². The third kappa shape index (κ3) is 5.27. The Balaban J connectivity index is 1.82. The lowest BCUT2D eigenvalue weighted by molar-refractivity contribution is 0.178. The fraction of sp³-hybridized carbons (Fsp3) is 0.143. The molecule has 0 aliphatic rings. The summed E-state index contributed by atoms with van der Waals surface area (Å²) in [6, 6.07) is 19.0. The Morgan fingerprint density at radius 1 is 0.789 bits per heavy atom. The van der Waals surface area contributed by atoms with E-state index in [0.29, 0.717) is 0 Å². The molecule has 1 N–H and O–H groups in total. The van der Waals surface area contributed by atoms with Crippen molar-refractivity contribution in [2.75, 3.05) is 0 Å². The summed E-state index contributed by atoms with van der Waals surface area (Å²) >= 11 is 5.86. The van der Waals surface area contributed by atoms with Crippen molar-refractivity contribution >= 4 is 18.5 Å². The SMILES string of the molecule is O[P+](Cl)(OCc1ccccc1)OCc1ccccc1. The van der Waals surface area contributed by atoms with E-state index in [4.69, 9.17) is 20.3 Å². The van der Waals surface area contributed by atoms with Crippen molar-refractivity contribution in [3.8, 4) is 0 Å². The van der Waals surface area contributed by atoms with Crippen molar-refractivity contribution in [2.45, 2.75) is 13.2 Å². The molecule has 0 unspecified atom stereocenters. The average molecular weight is 298 g/mol. The van der Waals surface area contributed by atoms with Gasteiger partial charge in [-0.1, -0.05) is 60.7 Å². The summed E-state index contributed by atoms with van der Waals surface area (Å²) in [6.07, 6.45) is 0. The molecule has 2 aromatic rings. The van der Waals surface area contributed by atoms with Crippen LogP contribution in [0.5, 0.6) is 0 Å². The third-order valence-corrected chi connectivity index (χ3v) is 3.95. The zero-order chi connectivity index (χ0) is 13.6. The van der Waals surface area contributed by atoms with Gasteiger partial charge in [0.25, 0.3) is 0 Å². The number of rotatable bonds is 6. The first-order valence-corrected chi connectivity index (χ1v) is 8.32. The van der Waals surface area contributed by atoms with Crippen LogP contribution in [0.25, 0.3) is 0 Å². The third-order valence-electron chi connectivity index (χ3n) is 2.47. The fourth-order valence-electron chi connectivity index (χ4n) is 1.49. The standard InChI is InChI=1S/C14H15ClO3P/c15-19(16,17-11-13-7-3-1-4-8-13)18-12-14-9-5-2-6-10-14/h1-10,16H,11-12H2/q+1. The Hall–Kier alpha value is -0.960. The summed E-state index contributed by atoms with van der Waals surface area (Å²) in [6.45, 7) is 0.451. The number of benzene rings is 2. The molecule has 0 bridgehead atoms. The molecule has 0 radical (unpaired) electrons. The van der Waals surface area contributed by atoms with E-state index in [1.807, 2.05) is 60.7 Å². The van der Waals surface area contributed by atoms with E-state index in [1.54, 1.807) is 0 Å². The van der Waals surface area contributed by atoms with Crippen LogP contribution in [0.2, 0.25) is 0 Å². The zero-order valence-corrected chi connectivity index (χ0v) is 11.9. The van der Waals surface area contributed by atoms with Gasteiger partial charge in [0, 0.05) is 0 Å². The summed E-state index contributed by atoms with van der Waals surface area (Å²) in [4.78, 5) is 9.87. The summed E-state index contributed by atoms with van der Waals surface area (Å²) < 4.78 is 10.5. The first-order chi connectivity index (χ1) is 9.16. The Morgan fingerprint density at radius 2 is 1.16 bits per heavy atom. The highest BCUT2D eigenvalue weighted by atomic mass is 35.7. The van der Waals surface area contributed by atoms with Gasteiger partial charge < -0.3 is 0 Å². The van der Waals surface area contributed by atoms with E-state index in [1.165, 1.54) is 0 Å². The molecule has 100 valence electrons. The average Bonchev–Trinajstić information content (AvgIpc) is 2.46. The molecule has 0 amide bonds. The van der Waals surface area contributed by atoms with Crippen molar-refractivity contribution in [2.24, 2.45) is 0 Å². The van der Waals surface area contributed by atoms with Crippen LogP contribution in [-0.4, -0.2) is 4.89 Å². The molecule has 0 atom stereocenters. The zero-order valence-electron chi connectivity index (χ0n) is 10.3. The van der Waals surface area contributed by atoms with Crippen LogP contribution in [-0.2, 0) is 22.3 Å². The van der Waals surface area contributed by atoms with Gasteiger partial charge in [-0.2, -0.15) is 13.9 Å². The van der Waals surface area contributed by atoms with Gasteiger partial charge in [0.05, 0.1) is 0 Å². The minimum atomic E-state index is -3.30. The first-order valence-electron chi connectivity index (χ1n) is 5.84. The topological polar surface area (TPSA) is 38.7 Å². The maximum Gasteiger partial charge on any atom is 0.522 e. The van der Waals surface area contributed by atoms with E-state index >= 15 is 0 Å². The molecule has 0 aliphatic heterocycles. The van der Waals surface area contributed by atoms with E-state index in [2.05, 4.69) is 0 Å². The highest BCUT2D eigenvalue weighted by Crippen LogP contribution is 2.63. The maximum atomic E-state index is 9.87. The van der Waals surface area contributed by atoms with Crippen LogP contribution >= 0.6 is 18.5 Å². The van der Waals surface area contributed by atoms with E-state index in [9.17, 15) is 4.89 Å². The Bertz CT molecular complexity index is 445. The van der Waals surface area contributed by atoms with Crippen LogP contribution < -0.4 is 0 Å². The van der Waals surface area contributed by atoms with Gasteiger partial charge in [0.1, 0.15) is 13.2 Å². The van der Waals surface area contributed by atoms with Crippen LogP contribution in [0.3, 0.4) is 0 Å². The highest BCUT2D eigenvalue weighted by Gasteiger charge is 2.39. The van der Waals surface area contributed by atoms with Gasteiger partial charge in [-0.15, -0.1) is 0 Å². The first kappa shape index (κ1) is 14.4. The van der Waals surface area contributed by atoms with Crippen molar-refractivity contribution in [3.63, 3.8) is 0 Å². The largest absolute Gasteiger partial charge is 0.522 e. The molecule has 0 heterocycles. The molecule has 2 aromatic carbocycles. The Morgan fingerprint density at radius 3 is 1.53 bits per heavy atom. The van der Waals surface area contributed by atoms with Crippen LogP contribution in [0.4, 0.5) is 0 Å². The summed E-state index contributed by atoms with van der Waals surface area (Å²) in [5, 5.41) is 0. The maximum absolute atomic E-state index is 9.87. The molecule has 0 aromatic heterocycles. The molecular weight excluding hydrogens is 283 g/mol. The van der Waals surface area contributed by atoms with Gasteiger partial charge in [0.15, 0.2) is 11.2 Å². The van der Waals surface area contributed by atoms with Crippen molar-refractivity contribution in [1.82, 2.24) is 0 Å². The minimum absolute atomic E-state index is 0.226. The molecule has 19 heavy (non-hydrogen) atoms. The Kier molecular flexibility index (Phi) is 5.32. The molecule has 0 aliphatic carbocycles. The highest BCUT2D eigenvalue weighted by molar-refractivity contribution is 7.86. The monoisotopic (exact) mass is 297 g/mol. The quantitative estimate of drug-likeness (QED) is 0.807. The second-order valence-electron chi connectivity index (χ2n) is 3.97. The molecular formula is C14H15ClO3P+. The van der Waals surface area contributed by atoms with Crippen molar-refractivity contribution in [1.29, 1.82) is 0 Å². The molecule has 3 nitrogen and oxygen atoms in total. The molecule has 0 spiro atoms. The summed E-state index contributed by atoms with van der Waals surface area (Å²) in [7, 11) is -3.30. The summed E-state index contributed by atoms with van der Waals surface area (Å²) in [5.74, 6) is 0. The lowest BCUT2D eigenvalue weighted by atomic mass is 10.2. The number of hydrogen-bond donors (Lipinski definition) is 1. The molecule has 2 rings (SSSR count). The van der Waals surface area contributed by atoms with Gasteiger partial charge in [-0.3, -0.25) is 0 Å². The number of halogens is 1. The molecule has 0 saturated carbocycles. The van der Waals surface area contributed by atoms with E-state index in [0.717, 1.165) is 11.1 Å². The fourth-order valence-corrected chi connectivity index (χ4v) is 2.48. The molecule has 0 saturated heterocycles. The van der Waals surface area contributed by atoms with Crippen molar-refractivity contribution in [3.05, 3.63) is 71.8 Å². The lowest BCUT2D eigenvalue weighted by Gasteiger charge is -2.09. The predicted octanol–water partition coefficient (Wildman–Crippen LogP) is 4.33. The van der Waals surface area contributed by atoms with Crippen LogP contribution in [0.1, 0.15) is 11.1 Å².